The number of piperidine rings is 1. The third-order valence-corrected chi connectivity index (χ3v) is 7.88. The third kappa shape index (κ3) is 4.35. The van der Waals surface area contributed by atoms with Crippen LogP contribution in [-0.4, -0.2) is 49.0 Å². The van der Waals surface area contributed by atoms with E-state index in [1.807, 2.05) is 24.1 Å². The van der Waals surface area contributed by atoms with Gasteiger partial charge in [-0.05, 0) is 61.5 Å². The molecule has 0 saturated carbocycles. The van der Waals surface area contributed by atoms with E-state index in [-0.39, 0.29) is 5.41 Å². The second kappa shape index (κ2) is 9.63. The number of carbonyl (C=O) groups is 1. The monoisotopic (exact) mass is 454 g/mol. The quantitative estimate of drug-likeness (QED) is 0.499. The van der Waals surface area contributed by atoms with Gasteiger partial charge in [0, 0.05) is 25.2 Å². The van der Waals surface area contributed by atoms with Crippen molar-refractivity contribution in [2.24, 2.45) is 5.41 Å². The van der Waals surface area contributed by atoms with E-state index in [4.69, 9.17) is 4.74 Å². The Morgan fingerprint density at radius 2 is 1.53 bits per heavy atom. The first-order chi connectivity index (χ1) is 16.6. The molecular formula is C30H34N2O2. The Morgan fingerprint density at radius 3 is 2.26 bits per heavy atom. The van der Waals surface area contributed by atoms with Gasteiger partial charge in [0.25, 0.3) is 0 Å². The van der Waals surface area contributed by atoms with Gasteiger partial charge in [0.05, 0.1) is 12.5 Å². The first-order valence-electron chi connectivity index (χ1n) is 12.3. The van der Waals surface area contributed by atoms with Crippen molar-refractivity contribution in [2.75, 3.05) is 27.2 Å². The number of hydrogen-bond acceptors (Lipinski definition) is 3. The zero-order valence-corrected chi connectivity index (χ0v) is 20.2. The minimum atomic E-state index is -0.188. The second-order valence-electron chi connectivity index (χ2n) is 9.88. The number of likely N-dealkylation sites (tertiary alicyclic amines) is 2. The van der Waals surface area contributed by atoms with Crippen LogP contribution < -0.4 is 4.74 Å². The molecule has 0 radical (unpaired) electrons. The average Bonchev–Trinajstić information content (AvgIpc) is 3.11. The molecule has 3 aromatic carbocycles. The summed E-state index contributed by atoms with van der Waals surface area (Å²) >= 11 is 0. The molecule has 34 heavy (non-hydrogen) atoms. The average molecular weight is 455 g/mol. The number of ether oxygens (including phenoxy) is 1. The summed E-state index contributed by atoms with van der Waals surface area (Å²) in [4.78, 5) is 17.9. The van der Waals surface area contributed by atoms with Gasteiger partial charge in [0.2, 0.25) is 5.91 Å². The highest BCUT2D eigenvalue weighted by Gasteiger charge is 2.51. The molecular weight excluding hydrogens is 420 g/mol. The summed E-state index contributed by atoms with van der Waals surface area (Å²) in [5.41, 5.74) is 4.78. The maximum absolute atomic E-state index is 13.4. The summed E-state index contributed by atoms with van der Waals surface area (Å²) in [6, 6.07) is 27.7. The lowest BCUT2D eigenvalue weighted by atomic mass is 9.75. The first kappa shape index (κ1) is 22.7. The molecule has 0 unspecified atom stereocenters. The van der Waals surface area contributed by atoms with Crippen molar-refractivity contribution in [3.05, 3.63) is 90.0 Å². The van der Waals surface area contributed by atoms with Crippen LogP contribution in [0.25, 0.3) is 11.1 Å². The number of likely N-dealkylation sites (N-methyl/N-ethyl adjacent to an activating group) is 1. The number of amides is 1. The summed E-state index contributed by atoms with van der Waals surface area (Å²) in [5.74, 6) is 1.25. The highest BCUT2D eigenvalue weighted by molar-refractivity contribution is 5.85. The Morgan fingerprint density at radius 1 is 0.882 bits per heavy atom. The van der Waals surface area contributed by atoms with Crippen molar-refractivity contribution < 1.29 is 9.53 Å². The van der Waals surface area contributed by atoms with Crippen LogP contribution in [0.5, 0.6) is 5.75 Å². The summed E-state index contributed by atoms with van der Waals surface area (Å²) in [6.07, 6.45) is 3.81. The van der Waals surface area contributed by atoms with Gasteiger partial charge in [-0.25, -0.2) is 0 Å². The van der Waals surface area contributed by atoms with Gasteiger partial charge in [-0.15, -0.1) is 0 Å². The van der Waals surface area contributed by atoms with Gasteiger partial charge >= 0.3 is 0 Å². The number of para-hydroxylation sites is 1. The van der Waals surface area contributed by atoms with Gasteiger partial charge < -0.3 is 9.64 Å². The molecule has 2 saturated heterocycles. The molecule has 4 nitrogen and oxygen atoms in total. The zero-order chi connectivity index (χ0) is 23.5. The molecule has 3 aromatic rings. The van der Waals surface area contributed by atoms with E-state index in [2.05, 4.69) is 71.6 Å². The van der Waals surface area contributed by atoms with Gasteiger partial charge in [0.15, 0.2) is 0 Å². The Labute approximate surface area is 203 Å². The smallest absolute Gasteiger partial charge is 0.228 e. The standard InChI is InChI=1S/C30H34N2O2/c1-31-25(20-23-10-4-3-5-11-23)21-30(29(31)33)16-18-32(19-17-30)22-24-12-6-7-13-26(24)27-14-8-9-15-28(27)34-2/h3-15,25H,16-22H2,1-2H3/t25-/m1/s1. The van der Waals surface area contributed by atoms with Crippen LogP contribution in [0.3, 0.4) is 0 Å². The van der Waals surface area contributed by atoms with E-state index in [1.54, 1.807) is 7.11 Å². The SMILES string of the molecule is COc1ccccc1-c1ccccc1CN1CCC2(CC1)C[C@@H](Cc1ccccc1)N(C)C2=O. The highest BCUT2D eigenvalue weighted by Crippen LogP contribution is 2.45. The minimum Gasteiger partial charge on any atom is -0.496 e. The molecule has 4 heteroatoms. The molecule has 0 aliphatic carbocycles. The first-order valence-corrected chi connectivity index (χ1v) is 12.3. The number of rotatable bonds is 6. The van der Waals surface area contributed by atoms with E-state index >= 15 is 0 Å². The zero-order valence-electron chi connectivity index (χ0n) is 20.2. The maximum Gasteiger partial charge on any atom is 0.228 e. The van der Waals surface area contributed by atoms with Gasteiger partial charge in [-0.1, -0.05) is 72.8 Å². The van der Waals surface area contributed by atoms with Crippen LogP contribution in [0.4, 0.5) is 0 Å². The molecule has 2 aliphatic rings. The Hall–Kier alpha value is -3.11. The molecule has 2 heterocycles. The summed E-state index contributed by atoms with van der Waals surface area (Å²) < 4.78 is 5.63. The van der Waals surface area contributed by atoms with Crippen LogP contribution in [0.2, 0.25) is 0 Å². The molecule has 2 fully saturated rings. The molecule has 0 aromatic heterocycles. The van der Waals surface area contributed by atoms with E-state index in [9.17, 15) is 4.79 Å². The topological polar surface area (TPSA) is 32.8 Å². The Balaban J connectivity index is 1.27. The van der Waals surface area contributed by atoms with Crippen molar-refractivity contribution in [1.29, 1.82) is 0 Å². The van der Waals surface area contributed by atoms with Gasteiger partial charge in [-0.3, -0.25) is 9.69 Å². The minimum absolute atomic E-state index is 0.188. The molecule has 0 N–H and O–H groups in total. The van der Waals surface area contributed by atoms with Gasteiger partial charge in [-0.2, -0.15) is 0 Å². The van der Waals surface area contributed by atoms with E-state index in [0.717, 1.165) is 56.6 Å². The maximum atomic E-state index is 13.4. The lowest BCUT2D eigenvalue weighted by Gasteiger charge is -2.38. The Kier molecular flexibility index (Phi) is 6.42. The van der Waals surface area contributed by atoms with E-state index < -0.39 is 0 Å². The fourth-order valence-corrected chi connectivity index (χ4v) is 5.90. The van der Waals surface area contributed by atoms with Gasteiger partial charge in [0.1, 0.15) is 5.75 Å². The van der Waals surface area contributed by atoms with E-state index in [0.29, 0.717) is 11.9 Å². The normalized spacial score (nSPS) is 20.1. The fraction of sp³-hybridized carbons (Fsp3) is 0.367. The van der Waals surface area contributed by atoms with Crippen LogP contribution >= 0.6 is 0 Å². The summed E-state index contributed by atoms with van der Waals surface area (Å²) in [5, 5.41) is 0. The number of nitrogens with zero attached hydrogens (tertiary/aromatic N) is 2. The molecule has 1 atom stereocenters. The molecule has 2 aliphatic heterocycles. The lowest BCUT2D eigenvalue weighted by Crippen LogP contribution is -2.43. The molecule has 1 amide bonds. The van der Waals surface area contributed by atoms with Crippen molar-refractivity contribution in [2.45, 2.75) is 38.3 Å². The molecule has 1 spiro atoms. The highest BCUT2D eigenvalue weighted by atomic mass is 16.5. The van der Waals surface area contributed by atoms with Crippen LogP contribution in [-0.2, 0) is 17.8 Å². The van der Waals surface area contributed by atoms with Crippen LogP contribution in [0.15, 0.2) is 78.9 Å². The number of carbonyl (C=O) groups excluding carboxylic acids is 1. The molecule has 5 rings (SSSR count). The van der Waals surface area contributed by atoms with Crippen LogP contribution in [0, 0.1) is 5.41 Å². The summed E-state index contributed by atoms with van der Waals surface area (Å²) in [6.45, 7) is 2.80. The number of methoxy groups -OCH3 is 1. The summed E-state index contributed by atoms with van der Waals surface area (Å²) in [7, 11) is 3.73. The lowest BCUT2D eigenvalue weighted by molar-refractivity contribution is -0.137. The Bertz CT molecular complexity index is 1140. The van der Waals surface area contributed by atoms with Crippen LogP contribution in [0.1, 0.15) is 30.4 Å². The van der Waals surface area contributed by atoms with Crippen molar-refractivity contribution in [3.63, 3.8) is 0 Å². The van der Waals surface area contributed by atoms with E-state index in [1.165, 1.54) is 16.7 Å². The number of benzene rings is 3. The third-order valence-electron chi connectivity index (χ3n) is 7.88. The largest absolute Gasteiger partial charge is 0.496 e. The van der Waals surface area contributed by atoms with Crippen molar-refractivity contribution in [3.8, 4) is 16.9 Å². The second-order valence-corrected chi connectivity index (χ2v) is 9.88. The predicted molar refractivity (Wildman–Crippen MR) is 137 cm³/mol. The number of hydrogen-bond donors (Lipinski definition) is 0. The predicted octanol–water partition coefficient (Wildman–Crippen LogP) is 5.42. The fourth-order valence-electron chi connectivity index (χ4n) is 5.90. The van der Waals surface area contributed by atoms with Crippen molar-refractivity contribution >= 4 is 5.91 Å². The van der Waals surface area contributed by atoms with Crippen molar-refractivity contribution in [1.82, 2.24) is 9.80 Å². The molecule has 176 valence electrons. The molecule has 0 bridgehead atoms.